The van der Waals surface area contributed by atoms with E-state index in [1.807, 2.05) is 17.0 Å². The van der Waals surface area contributed by atoms with Crippen molar-refractivity contribution in [3.05, 3.63) is 34.3 Å². The molecule has 4 heteroatoms. The van der Waals surface area contributed by atoms with Crippen LogP contribution in [0.25, 0.3) is 0 Å². The van der Waals surface area contributed by atoms with Crippen LogP contribution in [0.5, 0.6) is 0 Å². The van der Waals surface area contributed by atoms with Crippen molar-refractivity contribution in [2.75, 3.05) is 0 Å². The van der Waals surface area contributed by atoms with E-state index in [4.69, 9.17) is 5.73 Å². The first-order valence-corrected chi connectivity index (χ1v) is 7.62. The molecule has 1 aromatic carbocycles. The van der Waals surface area contributed by atoms with Crippen LogP contribution in [0.15, 0.2) is 28.7 Å². The first-order chi connectivity index (χ1) is 9.00. The summed E-state index contributed by atoms with van der Waals surface area (Å²) in [4.78, 5) is 14.3. The van der Waals surface area contributed by atoms with Crippen LogP contribution in [-0.4, -0.2) is 22.9 Å². The lowest BCUT2D eigenvalue weighted by Crippen LogP contribution is -2.45. The van der Waals surface area contributed by atoms with Gasteiger partial charge in [-0.25, -0.2) is 0 Å². The molecule has 104 valence electrons. The molecule has 1 aliphatic rings. The van der Waals surface area contributed by atoms with Gasteiger partial charge >= 0.3 is 0 Å². The van der Waals surface area contributed by atoms with Crippen LogP contribution in [-0.2, 0) is 4.79 Å². The van der Waals surface area contributed by atoms with Crippen LogP contribution >= 0.6 is 15.9 Å². The van der Waals surface area contributed by atoms with E-state index < -0.39 is 0 Å². The summed E-state index contributed by atoms with van der Waals surface area (Å²) < 4.78 is 1.03. The predicted octanol–water partition coefficient (Wildman–Crippen LogP) is 3.24. The van der Waals surface area contributed by atoms with E-state index >= 15 is 0 Å². The fraction of sp³-hybridized carbons (Fsp3) is 0.533. The predicted molar refractivity (Wildman–Crippen MR) is 80.7 cm³/mol. The second-order valence-corrected chi connectivity index (χ2v) is 6.37. The number of carbonyl (C=O) groups is 1. The Kier molecular flexibility index (Phi) is 4.63. The van der Waals surface area contributed by atoms with E-state index in [9.17, 15) is 4.79 Å². The molecule has 1 amide bonds. The Labute approximate surface area is 123 Å². The minimum absolute atomic E-state index is 0.00292. The molecule has 1 fully saturated rings. The van der Waals surface area contributed by atoms with Crippen molar-refractivity contribution in [1.82, 2.24) is 4.90 Å². The number of nitrogens with two attached hydrogens (primary N) is 1. The van der Waals surface area contributed by atoms with E-state index in [1.54, 1.807) is 0 Å². The maximum atomic E-state index is 12.3. The smallest absolute Gasteiger partial charge is 0.223 e. The van der Waals surface area contributed by atoms with Gasteiger partial charge < -0.3 is 10.6 Å². The summed E-state index contributed by atoms with van der Waals surface area (Å²) in [5.74, 6) is 0.216. The van der Waals surface area contributed by atoms with Crippen LogP contribution < -0.4 is 5.73 Å². The van der Waals surface area contributed by atoms with Crippen molar-refractivity contribution in [1.29, 1.82) is 0 Å². The Morgan fingerprint density at radius 3 is 2.79 bits per heavy atom. The zero-order valence-electron chi connectivity index (χ0n) is 11.5. The fourth-order valence-electron chi connectivity index (χ4n) is 2.84. The molecule has 2 rings (SSSR count). The van der Waals surface area contributed by atoms with E-state index in [0.717, 1.165) is 22.9 Å². The molecule has 0 saturated carbocycles. The highest BCUT2D eigenvalue weighted by atomic mass is 79.9. The second kappa shape index (κ2) is 6.06. The highest BCUT2D eigenvalue weighted by Crippen LogP contribution is 2.32. The Morgan fingerprint density at radius 1 is 1.42 bits per heavy atom. The molecule has 2 N–H and O–H groups in total. The SMILES string of the molecule is CC(C)N1C(=O)CCCC(N)C1c1cccc(Br)c1. The zero-order valence-corrected chi connectivity index (χ0v) is 13.1. The van der Waals surface area contributed by atoms with Gasteiger partial charge in [0.05, 0.1) is 6.04 Å². The summed E-state index contributed by atoms with van der Waals surface area (Å²) in [6.07, 6.45) is 2.39. The average Bonchev–Trinajstić information content (AvgIpc) is 2.48. The molecule has 3 nitrogen and oxygen atoms in total. The molecular weight excluding hydrogens is 304 g/mol. The van der Waals surface area contributed by atoms with Crippen LogP contribution in [0, 0.1) is 0 Å². The average molecular weight is 325 g/mol. The van der Waals surface area contributed by atoms with Gasteiger partial charge in [0, 0.05) is 23.0 Å². The minimum atomic E-state index is -0.0208. The highest BCUT2D eigenvalue weighted by Gasteiger charge is 2.34. The quantitative estimate of drug-likeness (QED) is 0.907. The van der Waals surface area contributed by atoms with E-state index in [-0.39, 0.29) is 24.0 Å². The summed E-state index contributed by atoms with van der Waals surface area (Å²) in [6.45, 7) is 4.11. The number of hydrogen-bond donors (Lipinski definition) is 1. The van der Waals surface area contributed by atoms with Crippen molar-refractivity contribution < 1.29 is 4.79 Å². The van der Waals surface area contributed by atoms with Crippen molar-refractivity contribution in [2.24, 2.45) is 5.73 Å². The van der Waals surface area contributed by atoms with Gasteiger partial charge in [0.2, 0.25) is 5.91 Å². The molecule has 2 unspecified atom stereocenters. The fourth-order valence-corrected chi connectivity index (χ4v) is 3.26. The third-order valence-corrected chi connectivity index (χ3v) is 4.16. The first kappa shape index (κ1) is 14.5. The third-order valence-electron chi connectivity index (χ3n) is 3.67. The summed E-state index contributed by atoms with van der Waals surface area (Å²) in [6, 6.07) is 8.27. The van der Waals surface area contributed by atoms with Crippen molar-refractivity contribution in [2.45, 2.75) is 51.2 Å². The van der Waals surface area contributed by atoms with Gasteiger partial charge in [-0.15, -0.1) is 0 Å². The molecule has 1 heterocycles. The molecule has 1 aliphatic heterocycles. The largest absolute Gasteiger partial charge is 0.332 e. The zero-order chi connectivity index (χ0) is 14.0. The Bertz CT molecular complexity index is 461. The van der Waals surface area contributed by atoms with E-state index in [0.29, 0.717) is 6.42 Å². The molecule has 0 aromatic heterocycles. The number of hydrogen-bond acceptors (Lipinski definition) is 2. The number of carbonyl (C=O) groups excluding carboxylic acids is 1. The van der Waals surface area contributed by atoms with Crippen LogP contribution in [0.3, 0.4) is 0 Å². The normalized spacial score (nSPS) is 24.7. The lowest BCUT2D eigenvalue weighted by atomic mass is 9.95. The Balaban J connectivity index is 2.43. The van der Waals surface area contributed by atoms with Gasteiger partial charge in [0.15, 0.2) is 0 Å². The molecule has 0 spiro atoms. The standard InChI is InChI=1S/C15H21BrN2O/c1-10(2)18-14(19)8-4-7-13(17)15(18)11-5-3-6-12(16)9-11/h3,5-6,9-10,13,15H,4,7-8,17H2,1-2H3. The molecule has 1 aromatic rings. The van der Waals surface area contributed by atoms with Crippen LogP contribution in [0.2, 0.25) is 0 Å². The summed E-state index contributed by atoms with van der Waals surface area (Å²) >= 11 is 3.50. The van der Waals surface area contributed by atoms with Gasteiger partial charge in [-0.05, 0) is 44.4 Å². The molecule has 19 heavy (non-hydrogen) atoms. The van der Waals surface area contributed by atoms with Crippen molar-refractivity contribution in [3.63, 3.8) is 0 Å². The Hall–Kier alpha value is -0.870. The molecule has 0 bridgehead atoms. The van der Waals surface area contributed by atoms with E-state index in [2.05, 4.69) is 41.9 Å². The number of halogens is 1. The maximum absolute atomic E-state index is 12.3. The lowest BCUT2D eigenvalue weighted by Gasteiger charge is -2.37. The van der Waals surface area contributed by atoms with Crippen LogP contribution in [0.4, 0.5) is 0 Å². The Morgan fingerprint density at radius 2 is 2.16 bits per heavy atom. The number of likely N-dealkylation sites (tertiary alicyclic amines) is 1. The highest BCUT2D eigenvalue weighted by molar-refractivity contribution is 9.10. The molecule has 0 radical (unpaired) electrons. The summed E-state index contributed by atoms with van der Waals surface area (Å²) in [7, 11) is 0. The molecule has 0 aliphatic carbocycles. The van der Waals surface area contributed by atoms with Gasteiger partial charge in [0.1, 0.15) is 0 Å². The number of nitrogens with zero attached hydrogens (tertiary/aromatic N) is 1. The number of rotatable bonds is 2. The lowest BCUT2D eigenvalue weighted by molar-refractivity contribution is -0.135. The van der Waals surface area contributed by atoms with Gasteiger partial charge in [-0.1, -0.05) is 28.1 Å². The van der Waals surface area contributed by atoms with Crippen molar-refractivity contribution >= 4 is 21.8 Å². The molecular formula is C15H21BrN2O. The monoisotopic (exact) mass is 324 g/mol. The summed E-state index contributed by atoms with van der Waals surface area (Å²) in [5, 5.41) is 0. The molecule has 2 atom stereocenters. The van der Waals surface area contributed by atoms with Gasteiger partial charge in [-0.2, -0.15) is 0 Å². The topological polar surface area (TPSA) is 46.3 Å². The second-order valence-electron chi connectivity index (χ2n) is 5.45. The first-order valence-electron chi connectivity index (χ1n) is 6.83. The van der Waals surface area contributed by atoms with E-state index in [1.165, 1.54) is 0 Å². The summed E-state index contributed by atoms with van der Waals surface area (Å²) in [5.41, 5.74) is 7.46. The number of amides is 1. The number of benzene rings is 1. The third kappa shape index (κ3) is 3.18. The van der Waals surface area contributed by atoms with Gasteiger partial charge in [0.25, 0.3) is 0 Å². The van der Waals surface area contributed by atoms with Crippen molar-refractivity contribution in [3.8, 4) is 0 Å². The maximum Gasteiger partial charge on any atom is 0.223 e. The van der Waals surface area contributed by atoms with Gasteiger partial charge in [-0.3, -0.25) is 4.79 Å². The minimum Gasteiger partial charge on any atom is -0.332 e. The molecule has 1 saturated heterocycles. The van der Waals surface area contributed by atoms with Crippen LogP contribution in [0.1, 0.15) is 44.7 Å².